The number of rotatable bonds is 3. The average Bonchev–Trinajstić information content (AvgIpc) is 2.80. The van der Waals surface area contributed by atoms with Crippen LogP contribution < -0.4 is 0 Å². The summed E-state index contributed by atoms with van der Waals surface area (Å²) < 4.78 is 13.2. The zero-order chi connectivity index (χ0) is 9.31. The van der Waals surface area contributed by atoms with Crippen LogP contribution in [0.15, 0.2) is 43.0 Å². The standard InChI is InChI=1S/C12H12F/c1-2-8-12(9-11(12)13)10-6-4-3-5-7-10/h2-8,11H,1,9H2. The van der Waals surface area contributed by atoms with Crippen molar-refractivity contribution in [3.05, 3.63) is 55.0 Å². The van der Waals surface area contributed by atoms with Crippen LogP contribution in [0.5, 0.6) is 0 Å². The molecule has 1 aliphatic rings. The second-order valence-electron chi connectivity index (χ2n) is 3.48. The number of benzene rings is 1. The fraction of sp³-hybridized carbons (Fsp3) is 0.250. The van der Waals surface area contributed by atoms with Crippen LogP contribution in [0.3, 0.4) is 0 Å². The maximum absolute atomic E-state index is 13.2. The quantitative estimate of drug-likeness (QED) is 0.662. The Kier molecular flexibility index (Phi) is 1.95. The molecule has 1 aliphatic carbocycles. The lowest BCUT2D eigenvalue weighted by atomic mass is 9.92. The van der Waals surface area contributed by atoms with E-state index in [2.05, 4.69) is 6.58 Å². The largest absolute Gasteiger partial charge is 0.246 e. The van der Waals surface area contributed by atoms with Gasteiger partial charge < -0.3 is 0 Å². The number of alkyl halides is 1. The van der Waals surface area contributed by atoms with Crippen molar-refractivity contribution in [1.82, 2.24) is 0 Å². The molecule has 1 radical (unpaired) electrons. The molecule has 0 saturated heterocycles. The second-order valence-corrected chi connectivity index (χ2v) is 3.48. The van der Waals surface area contributed by atoms with Crippen molar-refractivity contribution in [3.8, 4) is 0 Å². The minimum absolute atomic E-state index is 0.358. The second kappa shape index (κ2) is 2.99. The Morgan fingerprint density at radius 1 is 1.38 bits per heavy atom. The average molecular weight is 175 g/mol. The highest BCUT2D eigenvalue weighted by molar-refractivity contribution is 5.41. The van der Waals surface area contributed by atoms with Crippen molar-refractivity contribution in [2.24, 2.45) is 0 Å². The van der Waals surface area contributed by atoms with Crippen LogP contribution in [0, 0.1) is 6.42 Å². The van der Waals surface area contributed by atoms with Gasteiger partial charge in [-0.05, 0) is 18.4 Å². The molecule has 1 aromatic carbocycles. The third kappa shape index (κ3) is 1.28. The molecule has 0 bridgehead atoms. The van der Waals surface area contributed by atoms with Gasteiger partial charge in [-0.1, -0.05) is 36.4 Å². The van der Waals surface area contributed by atoms with E-state index >= 15 is 0 Å². The van der Waals surface area contributed by atoms with Crippen LogP contribution >= 0.6 is 0 Å². The third-order valence-electron chi connectivity index (χ3n) is 2.64. The van der Waals surface area contributed by atoms with Gasteiger partial charge in [-0.25, -0.2) is 4.39 Å². The van der Waals surface area contributed by atoms with E-state index in [1.165, 1.54) is 0 Å². The van der Waals surface area contributed by atoms with Crippen molar-refractivity contribution >= 4 is 0 Å². The lowest BCUT2D eigenvalue weighted by Gasteiger charge is -2.12. The van der Waals surface area contributed by atoms with E-state index < -0.39 is 6.17 Å². The van der Waals surface area contributed by atoms with Crippen LogP contribution in [0.2, 0.25) is 0 Å². The van der Waals surface area contributed by atoms with Crippen LogP contribution in [-0.2, 0) is 5.41 Å². The Morgan fingerprint density at radius 3 is 2.46 bits per heavy atom. The first-order valence-corrected chi connectivity index (χ1v) is 4.46. The van der Waals surface area contributed by atoms with Crippen molar-refractivity contribution in [1.29, 1.82) is 0 Å². The fourth-order valence-corrected chi connectivity index (χ4v) is 1.76. The first-order valence-electron chi connectivity index (χ1n) is 4.46. The van der Waals surface area contributed by atoms with Crippen LogP contribution in [-0.4, -0.2) is 6.17 Å². The van der Waals surface area contributed by atoms with Gasteiger partial charge in [0.2, 0.25) is 0 Å². The molecule has 0 N–H and O–H groups in total. The Morgan fingerprint density at radius 2 is 2.00 bits per heavy atom. The summed E-state index contributed by atoms with van der Waals surface area (Å²) in [6.07, 6.45) is 3.43. The molecule has 2 rings (SSSR count). The van der Waals surface area contributed by atoms with Gasteiger partial charge in [-0.3, -0.25) is 0 Å². The van der Waals surface area contributed by atoms with E-state index in [0.717, 1.165) is 5.56 Å². The molecule has 0 nitrogen and oxygen atoms in total. The van der Waals surface area contributed by atoms with E-state index in [4.69, 9.17) is 0 Å². The van der Waals surface area contributed by atoms with Gasteiger partial charge in [-0.15, -0.1) is 6.58 Å². The van der Waals surface area contributed by atoms with Gasteiger partial charge in [-0.2, -0.15) is 0 Å². The van der Waals surface area contributed by atoms with Gasteiger partial charge >= 0.3 is 0 Å². The summed E-state index contributed by atoms with van der Waals surface area (Å²) in [5.74, 6) is 0. The number of hydrogen-bond donors (Lipinski definition) is 0. The maximum Gasteiger partial charge on any atom is 0.111 e. The molecular weight excluding hydrogens is 163 g/mol. The topological polar surface area (TPSA) is 0 Å². The maximum atomic E-state index is 13.2. The predicted octanol–water partition coefficient (Wildman–Crippen LogP) is 3.06. The summed E-state index contributed by atoms with van der Waals surface area (Å²) in [5.41, 5.74) is 0.700. The monoisotopic (exact) mass is 175 g/mol. The van der Waals surface area contributed by atoms with Crippen molar-refractivity contribution in [2.45, 2.75) is 18.0 Å². The highest BCUT2D eigenvalue weighted by Gasteiger charge is 2.55. The molecule has 0 aliphatic heterocycles. The predicted molar refractivity (Wildman–Crippen MR) is 52.1 cm³/mol. The molecule has 1 fully saturated rings. The summed E-state index contributed by atoms with van der Waals surface area (Å²) in [5, 5.41) is 0. The van der Waals surface area contributed by atoms with Crippen LogP contribution in [0.25, 0.3) is 0 Å². The van der Waals surface area contributed by atoms with E-state index in [0.29, 0.717) is 6.42 Å². The van der Waals surface area contributed by atoms with Crippen molar-refractivity contribution in [3.63, 3.8) is 0 Å². The smallest absolute Gasteiger partial charge is 0.111 e. The molecule has 2 unspecified atom stereocenters. The molecule has 1 heteroatoms. The molecule has 0 aromatic heterocycles. The third-order valence-corrected chi connectivity index (χ3v) is 2.64. The summed E-state index contributed by atoms with van der Waals surface area (Å²) >= 11 is 0. The van der Waals surface area contributed by atoms with Gasteiger partial charge in [0.15, 0.2) is 0 Å². The first-order chi connectivity index (χ1) is 6.29. The van der Waals surface area contributed by atoms with E-state index in [1.54, 1.807) is 6.08 Å². The summed E-state index contributed by atoms with van der Waals surface area (Å²) in [6.45, 7) is 3.62. The SMILES string of the molecule is C=C[CH]C1(c2ccccc2)CC1F. The minimum atomic E-state index is -0.729. The molecule has 0 heterocycles. The molecule has 0 spiro atoms. The highest BCUT2D eigenvalue weighted by atomic mass is 19.1. The van der Waals surface area contributed by atoms with Crippen molar-refractivity contribution < 1.29 is 4.39 Å². The minimum Gasteiger partial charge on any atom is -0.246 e. The van der Waals surface area contributed by atoms with E-state index in [1.807, 2.05) is 36.8 Å². The normalized spacial score (nSPS) is 31.3. The van der Waals surface area contributed by atoms with Gasteiger partial charge in [0, 0.05) is 5.41 Å². The van der Waals surface area contributed by atoms with Crippen molar-refractivity contribution in [2.75, 3.05) is 0 Å². The van der Waals surface area contributed by atoms with Gasteiger partial charge in [0.1, 0.15) is 6.17 Å². The van der Waals surface area contributed by atoms with Crippen LogP contribution in [0.4, 0.5) is 4.39 Å². The number of hydrogen-bond acceptors (Lipinski definition) is 0. The number of halogens is 1. The molecule has 2 atom stereocenters. The van der Waals surface area contributed by atoms with Crippen LogP contribution in [0.1, 0.15) is 12.0 Å². The zero-order valence-corrected chi connectivity index (χ0v) is 7.41. The lowest BCUT2D eigenvalue weighted by Crippen LogP contribution is -2.09. The molecule has 1 saturated carbocycles. The van der Waals surface area contributed by atoms with Gasteiger partial charge in [0.05, 0.1) is 0 Å². The Hall–Kier alpha value is -1.11. The first kappa shape index (κ1) is 8.49. The Bertz CT molecular complexity index is 304. The summed E-state index contributed by atoms with van der Waals surface area (Å²) in [7, 11) is 0. The number of allylic oxidation sites excluding steroid dienone is 1. The molecule has 0 amide bonds. The Labute approximate surface area is 78.1 Å². The van der Waals surface area contributed by atoms with E-state index in [-0.39, 0.29) is 5.41 Å². The molecule has 1 aromatic rings. The fourth-order valence-electron chi connectivity index (χ4n) is 1.76. The zero-order valence-electron chi connectivity index (χ0n) is 7.41. The molecule has 13 heavy (non-hydrogen) atoms. The molecule has 67 valence electrons. The highest BCUT2D eigenvalue weighted by Crippen LogP contribution is 2.52. The Balaban J connectivity index is 2.29. The molecular formula is C12H12F. The van der Waals surface area contributed by atoms with E-state index in [9.17, 15) is 4.39 Å². The van der Waals surface area contributed by atoms with Gasteiger partial charge in [0.25, 0.3) is 0 Å². The summed E-state index contributed by atoms with van der Waals surface area (Å²) in [6, 6.07) is 9.78. The lowest BCUT2D eigenvalue weighted by molar-refractivity contribution is 0.440. The summed E-state index contributed by atoms with van der Waals surface area (Å²) in [4.78, 5) is 0.